The van der Waals surface area contributed by atoms with Gasteiger partial charge in [-0.05, 0) is 39.0 Å². The highest BCUT2D eigenvalue weighted by Crippen LogP contribution is 2.33. The molecule has 6 heteroatoms. The van der Waals surface area contributed by atoms with Gasteiger partial charge in [0.15, 0.2) is 5.96 Å². The predicted molar refractivity (Wildman–Crippen MR) is 114 cm³/mol. The van der Waals surface area contributed by atoms with Crippen molar-refractivity contribution in [2.75, 3.05) is 33.3 Å². The standard InChI is InChI=1S/C18H38N4O.HI/c1-17(2,3)15-14(9-8-12-23-15)13-21-16(19-7)20-10-11-22-18(4,5)6;/h14-15,22H,8-13H2,1-7H3,(H2,19,20,21);1H. The Bertz CT molecular complexity index is 374. The molecule has 144 valence electrons. The Morgan fingerprint density at radius 3 is 2.29 bits per heavy atom. The van der Waals surface area contributed by atoms with Crippen LogP contribution in [0.1, 0.15) is 54.4 Å². The molecule has 1 saturated heterocycles. The molecule has 24 heavy (non-hydrogen) atoms. The zero-order valence-electron chi connectivity index (χ0n) is 16.7. The molecule has 0 bridgehead atoms. The van der Waals surface area contributed by atoms with E-state index in [-0.39, 0.29) is 34.9 Å². The fourth-order valence-corrected chi connectivity index (χ4v) is 3.08. The summed E-state index contributed by atoms with van der Waals surface area (Å²) in [5.74, 6) is 1.41. The third kappa shape index (κ3) is 9.42. The molecule has 0 aliphatic carbocycles. The molecule has 0 aromatic rings. The number of rotatable bonds is 5. The van der Waals surface area contributed by atoms with Crippen LogP contribution in [0.4, 0.5) is 0 Å². The predicted octanol–water partition coefficient (Wildman–Crippen LogP) is 3.00. The van der Waals surface area contributed by atoms with Gasteiger partial charge in [0.05, 0.1) is 6.10 Å². The molecule has 1 aliphatic heterocycles. The van der Waals surface area contributed by atoms with E-state index in [2.05, 4.69) is 62.5 Å². The third-order valence-corrected chi connectivity index (χ3v) is 4.13. The average Bonchev–Trinajstić information content (AvgIpc) is 2.45. The SMILES string of the molecule is CN=C(NCCNC(C)(C)C)NCC1CCCOC1C(C)(C)C.I. The van der Waals surface area contributed by atoms with Crippen molar-refractivity contribution in [3.8, 4) is 0 Å². The van der Waals surface area contributed by atoms with E-state index in [0.717, 1.165) is 38.6 Å². The molecule has 0 radical (unpaired) electrons. The van der Waals surface area contributed by atoms with E-state index in [1.165, 1.54) is 6.42 Å². The summed E-state index contributed by atoms with van der Waals surface area (Å²) in [5, 5.41) is 10.3. The maximum absolute atomic E-state index is 6.05. The molecule has 2 atom stereocenters. The van der Waals surface area contributed by atoms with Gasteiger partial charge in [0.1, 0.15) is 0 Å². The molecule has 0 aromatic heterocycles. The third-order valence-electron chi connectivity index (χ3n) is 4.13. The molecule has 0 saturated carbocycles. The lowest BCUT2D eigenvalue weighted by Gasteiger charge is -2.40. The fourth-order valence-electron chi connectivity index (χ4n) is 3.08. The van der Waals surface area contributed by atoms with Crippen molar-refractivity contribution in [3.63, 3.8) is 0 Å². The number of ether oxygens (including phenoxy) is 1. The molecule has 2 unspecified atom stereocenters. The van der Waals surface area contributed by atoms with E-state index in [1.807, 2.05) is 7.05 Å². The first-order valence-corrected chi connectivity index (χ1v) is 8.94. The molecular formula is C18H39IN4O. The van der Waals surface area contributed by atoms with Crippen LogP contribution in [0, 0.1) is 11.3 Å². The summed E-state index contributed by atoms with van der Waals surface area (Å²) < 4.78 is 6.05. The van der Waals surface area contributed by atoms with E-state index in [9.17, 15) is 0 Å². The quantitative estimate of drug-likeness (QED) is 0.259. The topological polar surface area (TPSA) is 57.7 Å². The smallest absolute Gasteiger partial charge is 0.191 e. The van der Waals surface area contributed by atoms with Crippen molar-refractivity contribution in [2.45, 2.75) is 66.0 Å². The Hall–Kier alpha value is -0.0800. The zero-order valence-corrected chi connectivity index (χ0v) is 19.0. The first-order chi connectivity index (χ1) is 10.6. The number of guanidine groups is 1. The minimum atomic E-state index is 0. The van der Waals surface area contributed by atoms with Crippen molar-refractivity contribution in [1.82, 2.24) is 16.0 Å². The minimum absolute atomic E-state index is 0. The van der Waals surface area contributed by atoms with Crippen LogP contribution in [0.15, 0.2) is 4.99 Å². The second-order valence-corrected chi connectivity index (χ2v) is 8.62. The van der Waals surface area contributed by atoms with Gasteiger partial charge in [0, 0.05) is 44.7 Å². The van der Waals surface area contributed by atoms with Crippen molar-refractivity contribution in [3.05, 3.63) is 0 Å². The first kappa shape index (κ1) is 23.9. The Labute approximate surface area is 166 Å². The van der Waals surface area contributed by atoms with Crippen LogP contribution >= 0.6 is 24.0 Å². The number of nitrogens with zero attached hydrogens (tertiary/aromatic N) is 1. The van der Waals surface area contributed by atoms with Gasteiger partial charge >= 0.3 is 0 Å². The van der Waals surface area contributed by atoms with Gasteiger partial charge in [-0.2, -0.15) is 0 Å². The molecule has 1 fully saturated rings. The molecule has 0 aromatic carbocycles. The Morgan fingerprint density at radius 1 is 1.08 bits per heavy atom. The lowest BCUT2D eigenvalue weighted by molar-refractivity contribution is -0.0835. The molecule has 5 nitrogen and oxygen atoms in total. The molecule has 1 rings (SSSR count). The van der Waals surface area contributed by atoms with E-state index in [1.54, 1.807) is 0 Å². The van der Waals surface area contributed by atoms with Gasteiger partial charge in [0.25, 0.3) is 0 Å². The molecule has 3 N–H and O–H groups in total. The van der Waals surface area contributed by atoms with Gasteiger partial charge in [0.2, 0.25) is 0 Å². The molecule has 0 spiro atoms. The number of hydrogen-bond acceptors (Lipinski definition) is 3. The van der Waals surface area contributed by atoms with E-state index < -0.39 is 0 Å². The summed E-state index contributed by atoms with van der Waals surface area (Å²) in [6.45, 7) is 16.9. The number of halogens is 1. The van der Waals surface area contributed by atoms with Gasteiger partial charge in [-0.25, -0.2) is 0 Å². The lowest BCUT2D eigenvalue weighted by atomic mass is 9.78. The van der Waals surface area contributed by atoms with Gasteiger partial charge in [-0.1, -0.05) is 20.8 Å². The van der Waals surface area contributed by atoms with E-state index >= 15 is 0 Å². The summed E-state index contributed by atoms with van der Waals surface area (Å²) in [6.07, 6.45) is 2.68. The number of hydrogen-bond donors (Lipinski definition) is 3. The maximum Gasteiger partial charge on any atom is 0.191 e. The largest absolute Gasteiger partial charge is 0.377 e. The molecular weight excluding hydrogens is 415 g/mol. The van der Waals surface area contributed by atoms with Gasteiger partial charge in [-0.3, -0.25) is 4.99 Å². The fraction of sp³-hybridized carbons (Fsp3) is 0.944. The van der Waals surface area contributed by atoms with Crippen molar-refractivity contribution < 1.29 is 4.74 Å². The number of aliphatic imine (C=N–C) groups is 1. The summed E-state index contributed by atoms with van der Waals surface area (Å²) in [6, 6.07) is 0. The van der Waals surface area contributed by atoms with Crippen LogP contribution in [0.25, 0.3) is 0 Å². The second kappa shape index (κ2) is 10.8. The highest BCUT2D eigenvalue weighted by molar-refractivity contribution is 14.0. The van der Waals surface area contributed by atoms with Gasteiger partial charge < -0.3 is 20.7 Å². The normalized spacial score (nSPS) is 22.7. The van der Waals surface area contributed by atoms with E-state index in [4.69, 9.17) is 4.74 Å². The molecule has 1 heterocycles. The summed E-state index contributed by atoms with van der Waals surface area (Å²) >= 11 is 0. The minimum Gasteiger partial charge on any atom is -0.377 e. The average molecular weight is 454 g/mol. The molecule has 1 aliphatic rings. The second-order valence-electron chi connectivity index (χ2n) is 8.62. The number of nitrogens with one attached hydrogen (secondary N) is 3. The van der Waals surface area contributed by atoms with Crippen molar-refractivity contribution in [2.24, 2.45) is 16.3 Å². The Balaban J connectivity index is 0.00000529. The first-order valence-electron chi connectivity index (χ1n) is 8.94. The molecule has 0 amide bonds. The van der Waals surface area contributed by atoms with Crippen LogP contribution in [-0.2, 0) is 4.74 Å². The van der Waals surface area contributed by atoms with Crippen LogP contribution in [0.3, 0.4) is 0 Å². The van der Waals surface area contributed by atoms with Crippen LogP contribution < -0.4 is 16.0 Å². The lowest BCUT2D eigenvalue weighted by Crippen LogP contribution is -2.49. The Morgan fingerprint density at radius 2 is 1.75 bits per heavy atom. The van der Waals surface area contributed by atoms with Crippen molar-refractivity contribution in [1.29, 1.82) is 0 Å². The monoisotopic (exact) mass is 454 g/mol. The maximum atomic E-state index is 6.05. The summed E-state index contributed by atoms with van der Waals surface area (Å²) in [5.41, 5.74) is 0.332. The van der Waals surface area contributed by atoms with Gasteiger partial charge in [-0.15, -0.1) is 24.0 Å². The van der Waals surface area contributed by atoms with Crippen LogP contribution in [0.5, 0.6) is 0 Å². The van der Waals surface area contributed by atoms with E-state index in [0.29, 0.717) is 12.0 Å². The Kier molecular flexibility index (Phi) is 10.8. The summed E-state index contributed by atoms with van der Waals surface area (Å²) in [7, 11) is 1.82. The highest BCUT2D eigenvalue weighted by Gasteiger charge is 2.35. The van der Waals surface area contributed by atoms with Crippen LogP contribution in [-0.4, -0.2) is 50.9 Å². The summed E-state index contributed by atoms with van der Waals surface area (Å²) in [4.78, 5) is 4.32. The van der Waals surface area contributed by atoms with Crippen LogP contribution in [0.2, 0.25) is 0 Å². The zero-order chi connectivity index (χ0) is 17.5. The van der Waals surface area contributed by atoms with Crippen molar-refractivity contribution >= 4 is 29.9 Å². The highest BCUT2D eigenvalue weighted by atomic mass is 127.